The number of urea groups is 1. The molecule has 0 aliphatic rings. The topological polar surface area (TPSA) is 69.6 Å². The van der Waals surface area contributed by atoms with E-state index in [-0.39, 0.29) is 25.0 Å². The molecule has 0 radical (unpaired) electrons. The zero-order valence-electron chi connectivity index (χ0n) is 11.2. The van der Waals surface area contributed by atoms with Gasteiger partial charge in [0.15, 0.2) is 0 Å². The number of carbonyl (C=O) groups excluding carboxylic acids is 1. The Kier molecular flexibility index (Phi) is 6.10. The van der Waals surface area contributed by atoms with Crippen LogP contribution >= 0.6 is 23.2 Å². The first kappa shape index (κ1) is 16.6. The molecular formula is C13H16Cl2N2O3. The highest BCUT2D eigenvalue weighted by atomic mass is 35.5. The maximum atomic E-state index is 11.9. The molecule has 2 N–H and O–H groups in total. The van der Waals surface area contributed by atoms with E-state index in [0.717, 1.165) is 5.56 Å². The summed E-state index contributed by atoms with van der Waals surface area (Å²) >= 11 is 11.9. The first-order valence-corrected chi connectivity index (χ1v) is 6.76. The highest BCUT2D eigenvalue weighted by Crippen LogP contribution is 2.28. The third-order valence-electron chi connectivity index (χ3n) is 2.93. The quantitative estimate of drug-likeness (QED) is 0.876. The molecule has 0 fully saturated rings. The summed E-state index contributed by atoms with van der Waals surface area (Å²) in [5, 5.41) is 12.1. The van der Waals surface area contributed by atoms with Crippen molar-refractivity contribution in [3.05, 3.63) is 33.8 Å². The van der Waals surface area contributed by atoms with Crippen LogP contribution in [0, 0.1) is 0 Å². The Morgan fingerprint density at radius 1 is 1.40 bits per heavy atom. The number of hydrogen-bond acceptors (Lipinski definition) is 2. The number of hydrogen-bond donors (Lipinski definition) is 2. The van der Waals surface area contributed by atoms with Gasteiger partial charge in [0.25, 0.3) is 0 Å². The van der Waals surface area contributed by atoms with Crippen molar-refractivity contribution in [3.8, 4) is 0 Å². The second-order valence-corrected chi connectivity index (χ2v) is 5.17. The van der Waals surface area contributed by atoms with Gasteiger partial charge in [0.1, 0.15) is 0 Å². The largest absolute Gasteiger partial charge is 0.481 e. The fourth-order valence-corrected chi connectivity index (χ4v) is 2.19. The summed E-state index contributed by atoms with van der Waals surface area (Å²) in [7, 11) is 1.62. The molecule has 110 valence electrons. The average Bonchev–Trinajstić information content (AvgIpc) is 2.36. The lowest BCUT2D eigenvalue weighted by atomic mass is 10.1. The Hall–Kier alpha value is -1.46. The normalized spacial score (nSPS) is 11.8. The number of nitrogens with one attached hydrogen (secondary N) is 1. The van der Waals surface area contributed by atoms with E-state index in [9.17, 15) is 9.59 Å². The Bertz CT molecular complexity index is 508. The van der Waals surface area contributed by atoms with Gasteiger partial charge in [-0.05, 0) is 24.6 Å². The average molecular weight is 319 g/mol. The predicted molar refractivity (Wildman–Crippen MR) is 78.3 cm³/mol. The fourth-order valence-electron chi connectivity index (χ4n) is 1.63. The fraction of sp³-hybridized carbons (Fsp3) is 0.385. The van der Waals surface area contributed by atoms with Crippen molar-refractivity contribution >= 4 is 35.2 Å². The van der Waals surface area contributed by atoms with Crippen molar-refractivity contribution in [2.45, 2.75) is 19.4 Å². The number of nitrogens with zero attached hydrogens (tertiary/aromatic N) is 1. The molecule has 2 amide bonds. The summed E-state index contributed by atoms with van der Waals surface area (Å²) in [5.41, 5.74) is 0.770. The van der Waals surface area contributed by atoms with Crippen LogP contribution in [0.15, 0.2) is 18.2 Å². The van der Waals surface area contributed by atoms with Crippen LogP contribution in [0.4, 0.5) is 4.79 Å². The van der Waals surface area contributed by atoms with E-state index < -0.39 is 5.97 Å². The smallest absolute Gasteiger partial charge is 0.317 e. The molecule has 1 atom stereocenters. The molecular weight excluding hydrogens is 303 g/mol. The molecule has 7 heteroatoms. The number of carbonyl (C=O) groups is 2. The predicted octanol–water partition coefficient (Wildman–Crippen LogP) is 3.17. The standard InChI is InChI=1S/C13H16Cl2N2O3/c1-8(10-4-3-9(14)7-11(10)15)17(2)13(20)16-6-5-12(18)19/h3-4,7-8H,5-6H2,1-2H3,(H,16,20)(H,18,19). The first-order valence-electron chi connectivity index (χ1n) is 6.00. The highest BCUT2D eigenvalue weighted by Gasteiger charge is 2.19. The lowest BCUT2D eigenvalue weighted by molar-refractivity contribution is -0.136. The van der Waals surface area contributed by atoms with Crippen LogP contribution in [-0.4, -0.2) is 35.6 Å². The van der Waals surface area contributed by atoms with Crippen LogP contribution in [0.5, 0.6) is 0 Å². The lowest BCUT2D eigenvalue weighted by Gasteiger charge is -2.26. The molecule has 0 spiro atoms. The van der Waals surface area contributed by atoms with Gasteiger partial charge in [-0.15, -0.1) is 0 Å². The Morgan fingerprint density at radius 3 is 2.60 bits per heavy atom. The van der Waals surface area contributed by atoms with E-state index >= 15 is 0 Å². The monoisotopic (exact) mass is 318 g/mol. The molecule has 1 aromatic carbocycles. The molecule has 1 unspecified atom stereocenters. The van der Waals surface area contributed by atoms with Crippen LogP contribution in [0.3, 0.4) is 0 Å². The molecule has 0 bridgehead atoms. The third kappa shape index (κ3) is 4.58. The van der Waals surface area contributed by atoms with Gasteiger partial charge in [-0.1, -0.05) is 29.3 Å². The van der Waals surface area contributed by atoms with Gasteiger partial charge >= 0.3 is 12.0 Å². The zero-order chi connectivity index (χ0) is 15.3. The number of carboxylic acid groups (broad SMARTS) is 1. The van der Waals surface area contributed by atoms with Crippen LogP contribution in [-0.2, 0) is 4.79 Å². The molecule has 0 aliphatic carbocycles. The van der Waals surface area contributed by atoms with E-state index in [4.69, 9.17) is 28.3 Å². The van der Waals surface area contributed by atoms with Gasteiger partial charge in [0.2, 0.25) is 0 Å². The van der Waals surface area contributed by atoms with Gasteiger partial charge in [-0.25, -0.2) is 4.79 Å². The van der Waals surface area contributed by atoms with Crippen molar-refractivity contribution in [1.29, 1.82) is 0 Å². The maximum Gasteiger partial charge on any atom is 0.317 e. The van der Waals surface area contributed by atoms with Crippen LogP contribution in [0.2, 0.25) is 10.0 Å². The third-order valence-corrected chi connectivity index (χ3v) is 3.49. The molecule has 0 saturated heterocycles. The Morgan fingerprint density at radius 2 is 2.05 bits per heavy atom. The minimum atomic E-state index is -0.957. The summed E-state index contributed by atoms with van der Waals surface area (Å²) in [6.07, 6.45) is -0.115. The van der Waals surface area contributed by atoms with E-state index in [0.29, 0.717) is 10.0 Å². The SMILES string of the molecule is CC(c1ccc(Cl)cc1Cl)N(C)C(=O)NCCC(=O)O. The van der Waals surface area contributed by atoms with Crippen molar-refractivity contribution in [3.63, 3.8) is 0 Å². The van der Waals surface area contributed by atoms with Crippen molar-refractivity contribution < 1.29 is 14.7 Å². The maximum absolute atomic E-state index is 11.9. The van der Waals surface area contributed by atoms with E-state index in [1.165, 1.54) is 4.90 Å². The molecule has 1 aromatic rings. The molecule has 5 nitrogen and oxygen atoms in total. The van der Waals surface area contributed by atoms with Crippen LogP contribution in [0.1, 0.15) is 24.9 Å². The van der Waals surface area contributed by atoms with Crippen LogP contribution in [0.25, 0.3) is 0 Å². The number of amides is 2. The number of carboxylic acids is 1. The molecule has 0 aromatic heterocycles. The second-order valence-electron chi connectivity index (χ2n) is 4.33. The van der Waals surface area contributed by atoms with Gasteiger partial charge in [0, 0.05) is 23.6 Å². The lowest BCUT2D eigenvalue weighted by Crippen LogP contribution is -2.39. The van der Waals surface area contributed by atoms with E-state index in [2.05, 4.69) is 5.32 Å². The first-order chi connectivity index (χ1) is 9.32. The summed E-state index contributed by atoms with van der Waals surface area (Å²) in [5.74, 6) is -0.957. The minimum absolute atomic E-state index is 0.0829. The Labute approximate surface area is 127 Å². The van der Waals surface area contributed by atoms with Crippen molar-refractivity contribution in [2.75, 3.05) is 13.6 Å². The summed E-state index contributed by atoms with van der Waals surface area (Å²) < 4.78 is 0. The van der Waals surface area contributed by atoms with Crippen molar-refractivity contribution in [1.82, 2.24) is 10.2 Å². The molecule has 0 saturated carbocycles. The molecule has 20 heavy (non-hydrogen) atoms. The van der Waals surface area contributed by atoms with Crippen LogP contribution < -0.4 is 5.32 Å². The van der Waals surface area contributed by atoms with Gasteiger partial charge in [0.05, 0.1) is 12.5 Å². The molecule has 1 rings (SSSR count). The minimum Gasteiger partial charge on any atom is -0.481 e. The summed E-state index contributed by atoms with van der Waals surface area (Å²) in [4.78, 5) is 23.7. The van der Waals surface area contributed by atoms with Gasteiger partial charge in [-0.3, -0.25) is 4.79 Å². The van der Waals surface area contributed by atoms with Crippen molar-refractivity contribution in [2.24, 2.45) is 0 Å². The number of rotatable bonds is 5. The number of benzene rings is 1. The van der Waals surface area contributed by atoms with E-state index in [1.807, 2.05) is 6.92 Å². The second kappa shape index (κ2) is 7.36. The van der Waals surface area contributed by atoms with Gasteiger partial charge < -0.3 is 15.3 Å². The zero-order valence-corrected chi connectivity index (χ0v) is 12.7. The summed E-state index contributed by atoms with van der Waals surface area (Å²) in [6.45, 7) is 1.91. The summed E-state index contributed by atoms with van der Waals surface area (Å²) in [6, 6.07) is 4.46. The Balaban J connectivity index is 2.68. The molecule has 0 aliphatic heterocycles. The number of aliphatic carboxylic acids is 1. The number of halogens is 2. The highest BCUT2D eigenvalue weighted by molar-refractivity contribution is 6.35. The van der Waals surface area contributed by atoms with Gasteiger partial charge in [-0.2, -0.15) is 0 Å². The molecule has 0 heterocycles. The van der Waals surface area contributed by atoms with E-state index in [1.54, 1.807) is 25.2 Å².